The van der Waals surface area contributed by atoms with Gasteiger partial charge >= 0.3 is 0 Å². The van der Waals surface area contributed by atoms with Crippen molar-refractivity contribution in [2.75, 3.05) is 6.67 Å². The third-order valence-electron chi connectivity index (χ3n) is 0.919. The Morgan fingerprint density at radius 2 is 2.27 bits per heavy atom. The fourth-order valence-corrected chi connectivity index (χ4v) is 0.391. The van der Waals surface area contributed by atoms with E-state index >= 15 is 0 Å². The summed E-state index contributed by atoms with van der Waals surface area (Å²) >= 11 is 5.35. The normalized spacial score (nSPS) is 8.55. The van der Waals surface area contributed by atoms with E-state index in [0.717, 1.165) is 10.5 Å². The molecule has 0 fully saturated rings. The van der Waals surface area contributed by atoms with E-state index in [2.05, 4.69) is 11.9 Å². The van der Waals surface area contributed by atoms with Gasteiger partial charge in [0, 0.05) is 18.7 Å². The molecule has 0 spiro atoms. The summed E-state index contributed by atoms with van der Waals surface area (Å²) in [5.41, 5.74) is 0. The van der Waals surface area contributed by atoms with Gasteiger partial charge in [-0.2, -0.15) is 0 Å². The minimum Gasteiger partial charge on any atom is -0.334 e. The molecular formula is C6H9ClN2O2. The average Bonchev–Trinajstić information content (AvgIpc) is 1.99. The first-order chi connectivity index (χ1) is 5.07. The lowest BCUT2D eigenvalue weighted by molar-refractivity contribution is -0.125. The lowest BCUT2D eigenvalue weighted by Gasteiger charge is -2.10. The number of carbonyl (C=O) groups excluding carboxylic acids is 2. The topological polar surface area (TPSA) is 49.4 Å². The minimum absolute atomic E-state index is 0.0122. The molecule has 0 radical (unpaired) electrons. The van der Waals surface area contributed by atoms with Crippen LogP contribution >= 0.6 is 11.8 Å². The molecule has 0 aromatic heterocycles. The molecule has 4 nitrogen and oxygen atoms in total. The van der Waals surface area contributed by atoms with Gasteiger partial charge < -0.3 is 5.32 Å². The molecule has 0 unspecified atom stereocenters. The van der Waals surface area contributed by atoms with Gasteiger partial charge in [-0.1, -0.05) is 6.58 Å². The van der Waals surface area contributed by atoms with Crippen LogP contribution in [0.3, 0.4) is 0 Å². The van der Waals surface area contributed by atoms with E-state index < -0.39 is 0 Å². The second-order valence-corrected chi connectivity index (χ2v) is 2.19. The summed E-state index contributed by atoms with van der Waals surface area (Å²) in [5, 5.41) is 2.33. The van der Waals surface area contributed by atoms with Crippen molar-refractivity contribution in [3.8, 4) is 0 Å². The SMILES string of the molecule is C=CC(=O)NCN(Cl)C(C)=O. The van der Waals surface area contributed by atoms with Crippen molar-refractivity contribution in [2.24, 2.45) is 0 Å². The molecule has 0 aliphatic heterocycles. The zero-order valence-corrected chi connectivity index (χ0v) is 6.89. The van der Waals surface area contributed by atoms with E-state index in [0.29, 0.717) is 0 Å². The highest BCUT2D eigenvalue weighted by atomic mass is 35.5. The lowest BCUT2D eigenvalue weighted by Crippen LogP contribution is -2.33. The zero-order valence-electron chi connectivity index (χ0n) is 6.13. The Labute approximate surface area is 69.9 Å². The predicted molar refractivity (Wildman–Crippen MR) is 41.6 cm³/mol. The Hall–Kier alpha value is -1.03. The van der Waals surface area contributed by atoms with E-state index in [1.807, 2.05) is 0 Å². The van der Waals surface area contributed by atoms with Gasteiger partial charge in [0.05, 0.1) is 0 Å². The van der Waals surface area contributed by atoms with Crippen LogP contribution in [-0.4, -0.2) is 22.9 Å². The minimum atomic E-state index is -0.364. The maximum absolute atomic E-state index is 10.5. The van der Waals surface area contributed by atoms with Crippen LogP contribution in [0.5, 0.6) is 0 Å². The Balaban J connectivity index is 3.62. The summed E-state index contributed by atoms with van der Waals surface area (Å²) in [5.74, 6) is -0.687. The van der Waals surface area contributed by atoms with Crippen molar-refractivity contribution >= 4 is 23.6 Å². The number of carbonyl (C=O) groups is 2. The second-order valence-electron chi connectivity index (χ2n) is 1.78. The molecule has 62 valence electrons. The Kier molecular flexibility index (Phi) is 4.29. The van der Waals surface area contributed by atoms with Crippen LogP contribution in [0.25, 0.3) is 0 Å². The summed E-state index contributed by atoms with van der Waals surface area (Å²) in [6.07, 6.45) is 1.10. The molecule has 5 heteroatoms. The zero-order chi connectivity index (χ0) is 8.85. The van der Waals surface area contributed by atoms with Crippen LogP contribution in [-0.2, 0) is 9.59 Å². The van der Waals surface area contributed by atoms with Crippen LogP contribution in [0.1, 0.15) is 6.92 Å². The van der Waals surface area contributed by atoms with Gasteiger partial charge in [-0.15, -0.1) is 0 Å². The van der Waals surface area contributed by atoms with Crippen molar-refractivity contribution in [3.63, 3.8) is 0 Å². The number of nitrogens with one attached hydrogen (secondary N) is 1. The fraction of sp³-hybridized carbons (Fsp3) is 0.333. The standard InChI is InChI=1S/C6H9ClN2O2/c1-3-6(11)8-4-9(7)5(2)10/h3H,1,4H2,2H3,(H,8,11). The van der Waals surface area contributed by atoms with E-state index in [1.165, 1.54) is 6.92 Å². The molecule has 0 aliphatic carbocycles. The van der Waals surface area contributed by atoms with Gasteiger partial charge in [0.2, 0.25) is 11.8 Å². The molecule has 2 amide bonds. The average molecular weight is 177 g/mol. The summed E-state index contributed by atoms with van der Waals surface area (Å²) < 4.78 is 0.862. The van der Waals surface area contributed by atoms with Crippen LogP contribution in [0.2, 0.25) is 0 Å². The molecule has 11 heavy (non-hydrogen) atoms. The number of hydrogen-bond donors (Lipinski definition) is 1. The molecule has 0 aromatic carbocycles. The van der Waals surface area contributed by atoms with Gasteiger partial charge in [-0.05, 0) is 6.08 Å². The first-order valence-electron chi connectivity index (χ1n) is 2.92. The quantitative estimate of drug-likeness (QED) is 0.381. The van der Waals surface area contributed by atoms with Crippen LogP contribution in [0.15, 0.2) is 12.7 Å². The number of rotatable bonds is 3. The third kappa shape index (κ3) is 4.38. The maximum Gasteiger partial charge on any atom is 0.244 e. The molecule has 0 aliphatic rings. The smallest absolute Gasteiger partial charge is 0.244 e. The van der Waals surface area contributed by atoms with Crippen molar-refractivity contribution in [3.05, 3.63) is 12.7 Å². The molecule has 0 aromatic rings. The van der Waals surface area contributed by atoms with Crippen LogP contribution in [0.4, 0.5) is 0 Å². The first-order valence-corrected chi connectivity index (χ1v) is 3.26. The molecule has 0 heterocycles. The van der Waals surface area contributed by atoms with Crippen molar-refractivity contribution < 1.29 is 9.59 Å². The molecule has 0 saturated carbocycles. The van der Waals surface area contributed by atoms with E-state index in [9.17, 15) is 9.59 Å². The largest absolute Gasteiger partial charge is 0.334 e. The van der Waals surface area contributed by atoms with Gasteiger partial charge in [0.1, 0.15) is 6.67 Å². The summed E-state index contributed by atoms with van der Waals surface area (Å²) in [6, 6.07) is 0. The molecule has 0 bridgehead atoms. The summed E-state index contributed by atoms with van der Waals surface area (Å²) in [4.78, 5) is 21.0. The molecule has 0 saturated heterocycles. The number of halogens is 1. The van der Waals surface area contributed by atoms with Crippen LogP contribution < -0.4 is 5.32 Å². The van der Waals surface area contributed by atoms with Crippen LogP contribution in [0, 0.1) is 0 Å². The van der Waals surface area contributed by atoms with Crippen molar-refractivity contribution in [1.29, 1.82) is 0 Å². The third-order valence-corrected chi connectivity index (χ3v) is 1.28. The summed E-state index contributed by atoms with van der Waals surface area (Å²) in [6.45, 7) is 4.51. The predicted octanol–water partition coefficient (Wildman–Crippen LogP) is 0.248. The van der Waals surface area contributed by atoms with Gasteiger partial charge in [0.25, 0.3) is 0 Å². The highest BCUT2D eigenvalue weighted by Gasteiger charge is 2.03. The van der Waals surface area contributed by atoms with Crippen molar-refractivity contribution in [2.45, 2.75) is 6.92 Å². The lowest BCUT2D eigenvalue weighted by atomic mass is 10.6. The Morgan fingerprint density at radius 1 is 1.73 bits per heavy atom. The highest BCUT2D eigenvalue weighted by Crippen LogP contribution is 1.90. The molecule has 0 rings (SSSR count). The number of amides is 2. The molecule has 0 atom stereocenters. The fourth-order valence-electron chi connectivity index (χ4n) is 0.331. The van der Waals surface area contributed by atoms with Crippen molar-refractivity contribution in [1.82, 2.24) is 9.74 Å². The van der Waals surface area contributed by atoms with E-state index in [-0.39, 0.29) is 18.5 Å². The second kappa shape index (κ2) is 4.73. The monoisotopic (exact) mass is 176 g/mol. The maximum atomic E-state index is 10.5. The van der Waals surface area contributed by atoms with E-state index in [4.69, 9.17) is 11.8 Å². The van der Waals surface area contributed by atoms with Gasteiger partial charge in [-0.25, -0.2) is 4.42 Å². The Morgan fingerprint density at radius 3 is 2.64 bits per heavy atom. The number of hydrogen-bond acceptors (Lipinski definition) is 2. The van der Waals surface area contributed by atoms with E-state index in [1.54, 1.807) is 0 Å². The molecular weight excluding hydrogens is 168 g/mol. The molecule has 1 N–H and O–H groups in total. The summed E-state index contributed by atoms with van der Waals surface area (Å²) in [7, 11) is 0. The highest BCUT2D eigenvalue weighted by molar-refractivity contribution is 6.20. The Bertz CT molecular complexity index is 181. The first kappa shape index (κ1) is 9.97. The van der Waals surface area contributed by atoms with Gasteiger partial charge in [-0.3, -0.25) is 9.59 Å². The number of nitrogens with zero attached hydrogens (tertiary/aromatic N) is 1. The van der Waals surface area contributed by atoms with Gasteiger partial charge in [0.15, 0.2) is 0 Å².